The van der Waals surface area contributed by atoms with Gasteiger partial charge in [0.1, 0.15) is 0 Å². The van der Waals surface area contributed by atoms with E-state index in [1.54, 1.807) is 12.1 Å². The van der Waals surface area contributed by atoms with Gasteiger partial charge in [-0.3, -0.25) is 9.59 Å². The molecule has 0 unspecified atom stereocenters. The summed E-state index contributed by atoms with van der Waals surface area (Å²) in [5.74, 6) is -0.247. The van der Waals surface area contributed by atoms with E-state index in [2.05, 4.69) is 10.6 Å². The Morgan fingerprint density at radius 2 is 1.59 bits per heavy atom. The van der Waals surface area contributed by atoms with E-state index in [9.17, 15) is 9.59 Å². The minimum Gasteiger partial charge on any atom is -0.326 e. The fourth-order valence-corrected chi connectivity index (χ4v) is 2.25. The second kappa shape index (κ2) is 6.43. The fraction of sp³-hybridized carbons (Fsp3) is 0.222. The maximum Gasteiger partial charge on any atom is 0.255 e. The monoisotopic (exact) mass is 296 g/mol. The first kappa shape index (κ1) is 15.8. The van der Waals surface area contributed by atoms with Crippen LogP contribution in [-0.2, 0) is 4.79 Å². The van der Waals surface area contributed by atoms with Gasteiger partial charge in [-0.25, -0.2) is 0 Å². The highest BCUT2D eigenvalue weighted by Crippen LogP contribution is 2.21. The van der Waals surface area contributed by atoms with E-state index in [1.807, 2.05) is 45.0 Å². The van der Waals surface area contributed by atoms with Gasteiger partial charge in [-0.1, -0.05) is 17.7 Å². The zero-order valence-electron chi connectivity index (χ0n) is 13.3. The summed E-state index contributed by atoms with van der Waals surface area (Å²) in [5.41, 5.74) is 5.01. The van der Waals surface area contributed by atoms with Crippen molar-refractivity contribution in [2.45, 2.75) is 27.7 Å². The number of hydrogen-bond donors (Lipinski definition) is 2. The lowest BCUT2D eigenvalue weighted by Gasteiger charge is -2.11. The molecule has 0 radical (unpaired) electrons. The van der Waals surface area contributed by atoms with Gasteiger partial charge in [-0.05, 0) is 56.2 Å². The summed E-state index contributed by atoms with van der Waals surface area (Å²) in [6, 6.07) is 11.2. The molecule has 2 aromatic rings. The molecular weight excluding hydrogens is 276 g/mol. The second-order valence-corrected chi connectivity index (χ2v) is 5.48. The van der Waals surface area contributed by atoms with Gasteiger partial charge in [0.2, 0.25) is 5.91 Å². The molecule has 0 aromatic heterocycles. The van der Waals surface area contributed by atoms with E-state index in [-0.39, 0.29) is 11.8 Å². The normalized spacial score (nSPS) is 10.2. The summed E-state index contributed by atoms with van der Waals surface area (Å²) in [5, 5.41) is 5.65. The van der Waals surface area contributed by atoms with Crippen molar-refractivity contribution in [2.75, 3.05) is 10.6 Å². The maximum atomic E-state index is 12.4. The van der Waals surface area contributed by atoms with Crippen LogP contribution in [0.15, 0.2) is 36.4 Å². The van der Waals surface area contributed by atoms with Crippen LogP contribution >= 0.6 is 0 Å². The van der Waals surface area contributed by atoms with Gasteiger partial charge in [-0.15, -0.1) is 0 Å². The van der Waals surface area contributed by atoms with Crippen LogP contribution in [0.4, 0.5) is 11.4 Å². The maximum absolute atomic E-state index is 12.4. The lowest BCUT2D eigenvalue weighted by molar-refractivity contribution is -0.114. The second-order valence-electron chi connectivity index (χ2n) is 5.48. The SMILES string of the molecule is CC(=O)Nc1ccc(NC(=O)c2cc(C)ccc2C)cc1C. The molecule has 2 N–H and O–H groups in total. The average molecular weight is 296 g/mol. The molecule has 0 spiro atoms. The van der Waals surface area contributed by atoms with Crippen molar-refractivity contribution >= 4 is 23.2 Å². The van der Waals surface area contributed by atoms with Crippen LogP contribution < -0.4 is 10.6 Å². The van der Waals surface area contributed by atoms with Crippen LogP contribution in [-0.4, -0.2) is 11.8 Å². The summed E-state index contributed by atoms with van der Waals surface area (Å²) in [7, 11) is 0. The van der Waals surface area contributed by atoms with Crippen molar-refractivity contribution in [3.8, 4) is 0 Å². The molecular formula is C18H20N2O2. The molecule has 0 aliphatic carbocycles. The van der Waals surface area contributed by atoms with Gasteiger partial charge in [0.25, 0.3) is 5.91 Å². The summed E-state index contributed by atoms with van der Waals surface area (Å²) in [6.07, 6.45) is 0. The van der Waals surface area contributed by atoms with Gasteiger partial charge in [0.05, 0.1) is 0 Å². The van der Waals surface area contributed by atoms with Gasteiger partial charge in [0, 0.05) is 23.9 Å². The van der Waals surface area contributed by atoms with Crippen molar-refractivity contribution in [2.24, 2.45) is 0 Å². The number of benzene rings is 2. The molecule has 2 aromatic carbocycles. The largest absolute Gasteiger partial charge is 0.326 e. The van der Waals surface area contributed by atoms with Crippen LogP contribution in [0.3, 0.4) is 0 Å². The molecule has 0 fully saturated rings. The highest BCUT2D eigenvalue weighted by atomic mass is 16.2. The van der Waals surface area contributed by atoms with Gasteiger partial charge < -0.3 is 10.6 Å². The Morgan fingerprint density at radius 3 is 2.23 bits per heavy atom. The van der Waals surface area contributed by atoms with Crippen molar-refractivity contribution in [3.05, 3.63) is 58.7 Å². The number of nitrogens with one attached hydrogen (secondary N) is 2. The minimum atomic E-state index is -0.132. The topological polar surface area (TPSA) is 58.2 Å². The summed E-state index contributed by atoms with van der Waals surface area (Å²) in [6.45, 7) is 7.23. The molecule has 4 heteroatoms. The molecule has 0 bridgehead atoms. The molecule has 2 amide bonds. The molecule has 0 atom stereocenters. The summed E-state index contributed by atoms with van der Waals surface area (Å²) >= 11 is 0. The Bertz CT molecular complexity index is 736. The van der Waals surface area contributed by atoms with E-state index in [4.69, 9.17) is 0 Å². The van der Waals surface area contributed by atoms with Crippen molar-refractivity contribution in [3.63, 3.8) is 0 Å². The predicted molar refractivity (Wildman–Crippen MR) is 89.4 cm³/mol. The Balaban J connectivity index is 2.20. The Morgan fingerprint density at radius 1 is 0.864 bits per heavy atom. The Hall–Kier alpha value is -2.62. The minimum absolute atomic E-state index is 0.115. The third-order valence-corrected chi connectivity index (χ3v) is 3.43. The van der Waals surface area contributed by atoms with Crippen LogP contribution in [0.2, 0.25) is 0 Å². The van der Waals surface area contributed by atoms with E-state index in [1.165, 1.54) is 6.92 Å². The Labute approximate surface area is 130 Å². The summed E-state index contributed by atoms with van der Waals surface area (Å²) < 4.78 is 0. The number of rotatable bonds is 3. The predicted octanol–water partition coefficient (Wildman–Crippen LogP) is 3.82. The smallest absolute Gasteiger partial charge is 0.255 e. The van der Waals surface area contributed by atoms with E-state index in [0.717, 1.165) is 22.4 Å². The van der Waals surface area contributed by atoms with Gasteiger partial charge in [-0.2, -0.15) is 0 Å². The van der Waals surface area contributed by atoms with Crippen LogP contribution in [0.5, 0.6) is 0 Å². The summed E-state index contributed by atoms with van der Waals surface area (Å²) in [4.78, 5) is 23.5. The van der Waals surface area contributed by atoms with E-state index < -0.39 is 0 Å². The third-order valence-electron chi connectivity index (χ3n) is 3.43. The van der Waals surface area contributed by atoms with Crippen LogP contribution in [0.1, 0.15) is 34.0 Å². The zero-order valence-corrected chi connectivity index (χ0v) is 13.3. The first-order valence-electron chi connectivity index (χ1n) is 7.13. The molecule has 0 aliphatic rings. The number of carbonyl (C=O) groups is 2. The fourth-order valence-electron chi connectivity index (χ4n) is 2.25. The molecule has 0 heterocycles. The first-order chi connectivity index (χ1) is 10.4. The first-order valence-corrected chi connectivity index (χ1v) is 7.13. The van der Waals surface area contributed by atoms with Crippen LogP contribution in [0, 0.1) is 20.8 Å². The van der Waals surface area contributed by atoms with Gasteiger partial charge in [0.15, 0.2) is 0 Å². The number of anilines is 2. The third kappa shape index (κ3) is 3.73. The van der Waals surface area contributed by atoms with E-state index in [0.29, 0.717) is 11.3 Å². The molecule has 2 rings (SSSR count). The van der Waals surface area contributed by atoms with Crippen LogP contribution in [0.25, 0.3) is 0 Å². The lowest BCUT2D eigenvalue weighted by atomic mass is 10.0. The van der Waals surface area contributed by atoms with E-state index >= 15 is 0 Å². The molecule has 0 aliphatic heterocycles. The molecule has 22 heavy (non-hydrogen) atoms. The number of carbonyl (C=O) groups excluding carboxylic acids is 2. The standard InChI is InChI=1S/C18H20N2O2/c1-11-5-6-12(2)16(9-11)18(22)20-15-7-8-17(13(3)10-15)19-14(4)21/h5-10H,1-4H3,(H,19,21)(H,20,22). The lowest BCUT2D eigenvalue weighted by Crippen LogP contribution is -2.14. The number of hydrogen-bond acceptors (Lipinski definition) is 2. The van der Waals surface area contributed by atoms with Gasteiger partial charge >= 0.3 is 0 Å². The molecule has 4 nitrogen and oxygen atoms in total. The van der Waals surface area contributed by atoms with Crippen molar-refractivity contribution in [1.29, 1.82) is 0 Å². The zero-order chi connectivity index (χ0) is 16.3. The Kier molecular flexibility index (Phi) is 4.61. The quantitative estimate of drug-likeness (QED) is 0.904. The highest BCUT2D eigenvalue weighted by molar-refractivity contribution is 6.05. The van der Waals surface area contributed by atoms with Crippen molar-refractivity contribution < 1.29 is 9.59 Å². The number of aryl methyl sites for hydroxylation is 3. The van der Waals surface area contributed by atoms with Crippen molar-refractivity contribution in [1.82, 2.24) is 0 Å². The molecule has 114 valence electrons. The average Bonchev–Trinajstić information content (AvgIpc) is 2.44. The highest BCUT2D eigenvalue weighted by Gasteiger charge is 2.10. The molecule has 0 saturated heterocycles. The number of amides is 2. The molecule has 0 saturated carbocycles.